The molecule has 1 unspecified atom stereocenters. The van der Waals surface area contributed by atoms with Crippen molar-refractivity contribution in [2.45, 2.75) is 26.2 Å². The van der Waals surface area contributed by atoms with Crippen LogP contribution >= 0.6 is 0 Å². The van der Waals surface area contributed by atoms with E-state index in [1.165, 1.54) is 0 Å². The molecule has 1 aromatic rings. The van der Waals surface area contributed by atoms with Crippen LogP contribution in [0.5, 0.6) is 0 Å². The lowest BCUT2D eigenvalue weighted by Crippen LogP contribution is -2.60. The highest BCUT2D eigenvalue weighted by Gasteiger charge is 2.55. The van der Waals surface area contributed by atoms with Crippen LogP contribution < -0.4 is 0 Å². The van der Waals surface area contributed by atoms with E-state index < -0.39 is 5.97 Å². The van der Waals surface area contributed by atoms with Gasteiger partial charge in [0.05, 0.1) is 19.8 Å². The maximum Gasteiger partial charge on any atom is 0.312 e. The summed E-state index contributed by atoms with van der Waals surface area (Å²) in [6.45, 7) is 6.46. The van der Waals surface area contributed by atoms with E-state index in [-0.39, 0.29) is 5.41 Å². The van der Waals surface area contributed by atoms with E-state index in [1.54, 1.807) is 0 Å². The zero-order chi connectivity index (χ0) is 14.2. The van der Waals surface area contributed by atoms with Crippen molar-refractivity contribution in [3.05, 3.63) is 35.4 Å². The van der Waals surface area contributed by atoms with Crippen molar-refractivity contribution in [1.82, 2.24) is 0 Å². The van der Waals surface area contributed by atoms with Gasteiger partial charge in [0, 0.05) is 16.5 Å². The molecule has 0 saturated carbocycles. The zero-order valence-corrected chi connectivity index (χ0v) is 12.0. The number of benzene rings is 1. The summed E-state index contributed by atoms with van der Waals surface area (Å²) in [6.07, 6.45) is 6.47. The quantitative estimate of drug-likeness (QED) is 0.792. The average Bonchev–Trinajstić information content (AvgIpc) is 2.55. The molecule has 0 radical (unpaired) electrons. The second kappa shape index (κ2) is 4.89. The van der Waals surface area contributed by atoms with Gasteiger partial charge >= 0.3 is 5.97 Å². The van der Waals surface area contributed by atoms with Crippen LogP contribution in [0, 0.1) is 23.7 Å². The first-order valence-corrected chi connectivity index (χ1v) is 7.13. The van der Waals surface area contributed by atoms with E-state index in [0.717, 1.165) is 17.5 Å². The van der Waals surface area contributed by atoms with Gasteiger partial charge in [-0.1, -0.05) is 26.2 Å². The Kier molecular flexibility index (Phi) is 3.33. The van der Waals surface area contributed by atoms with Gasteiger partial charge in [0.25, 0.3) is 0 Å². The van der Waals surface area contributed by atoms with Gasteiger partial charge in [0.1, 0.15) is 0 Å². The molecule has 3 nitrogen and oxygen atoms in total. The van der Waals surface area contributed by atoms with Gasteiger partial charge in [-0.05, 0) is 30.2 Å². The van der Waals surface area contributed by atoms with Gasteiger partial charge in [-0.15, -0.1) is 6.42 Å². The maximum atomic E-state index is 5.95. The van der Waals surface area contributed by atoms with Crippen molar-refractivity contribution >= 4 is 0 Å². The van der Waals surface area contributed by atoms with Gasteiger partial charge in [-0.3, -0.25) is 0 Å². The molecule has 3 saturated heterocycles. The molecule has 106 valence electrons. The van der Waals surface area contributed by atoms with Gasteiger partial charge < -0.3 is 14.2 Å². The van der Waals surface area contributed by atoms with E-state index >= 15 is 0 Å². The fourth-order valence-corrected chi connectivity index (χ4v) is 2.85. The highest BCUT2D eigenvalue weighted by Crippen LogP contribution is 2.48. The highest BCUT2D eigenvalue weighted by molar-refractivity contribution is 5.35. The minimum absolute atomic E-state index is 0.00471. The molecule has 3 heteroatoms. The largest absolute Gasteiger partial charge is 0.323 e. The number of hydrogen-bond acceptors (Lipinski definition) is 3. The molecule has 3 heterocycles. The maximum absolute atomic E-state index is 5.95. The molecule has 4 rings (SSSR count). The Balaban J connectivity index is 1.82. The molecule has 3 aliphatic rings. The Morgan fingerprint density at radius 3 is 2.15 bits per heavy atom. The van der Waals surface area contributed by atoms with Crippen LogP contribution in [0.25, 0.3) is 0 Å². The van der Waals surface area contributed by atoms with Crippen LogP contribution in [0.1, 0.15) is 31.4 Å². The molecule has 1 aromatic carbocycles. The number of rotatable bonds is 3. The van der Waals surface area contributed by atoms with Crippen LogP contribution in [-0.4, -0.2) is 19.8 Å². The molecule has 0 aliphatic carbocycles. The summed E-state index contributed by atoms with van der Waals surface area (Å²) in [5.74, 6) is 2.08. The monoisotopic (exact) mass is 272 g/mol. The third kappa shape index (κ3) is 1.96. The van der Waals surface area contributed by atoms with E-state index in [4.69, 9.17) is 20.6 Å². The van der Waals surface area contributed by atoms with Crippen LogP contribution in [0.15, 0.2) is 24.3 Å². The number of fused-ring (bicyclic) bond motifs is 3. The van der Waals surface area contributed by atoms with Crippen molar-refractivity contribution in [3.63, 3.8) is 0 Å². The van der Waals surface area contributed by atoms with Crippen LogP contribution in [-0.2, 0) is 20.2 Å². The molecular formula is C17H20O3. The van der Waals surface area contributed by atoms with Gasteiger partial charge in [0.15, 0.2) is 0 Å². The second-order valence-corrected chi connectivity index (χ2v) is 5.82. The topological polar surface area (TPSA) is 27.7 Å². The summed E-state index contributed by atoms with van der Waals surface area (Å²) in [6, 6.07) is 7.59. The molecule has 0 aromatic heterocycles. The standard InChI is InChI=1S/C17H20O3/c1-4-13(3)16-10-18-17(19-11-16,20-12-16)15-8-6-14(5-2)7-9-15/h2,6-9,13H,4,10-12H2,1,3H3. The summed E-state index contributed by atoms with van der Waals surface area (Å²) < 4.78 is 17.9. The van der Waals surface area contributed by atoms with Crippen LogP contribution in [0.2, 0.25) is 0 Å². The molecule has 0 N–H and O–H groups in total. The predicted octanol–water partition coefficient (Wildman–Crippen LogP) is 2.89. The molecule has 0 amide bonds. The Morgan fingerprint density at radius 2 is 1.70 bits per heavy atom. The molecule has 0 spiro atoms. The minimum atomic E-state index is -1.04. The predicted molar refractivity (Wildman–Crippen MR) is 75.8 cm³/mol. The number of terminal acetylenes is 1. The lowest BCUT2D eigenvalue weighted by molar-refractivity contribution is -0.485. The first-order chi connectivity index (χ1) is 9.64. The molecule has 3 fully saturated rings. The summed E-state index contributed by atoms with van der Waals surface area (Å²) in [5.41, 5.74) is 1.70. The fourth-order valence-electron chi connectivity index (χ4n) is 2.85. The van der Waals surface area contributed by atoms with E-state index in [0.29, 0.717) is 25.7 Å². The third-order valence-corrected chi connectivity index (χ3v) is 4.71. The lowest BCUT2D eigenvalue weighted by Gasteiger charge is -2.54. The normalized spacial score (nSPS) is 33.6. The molecule has 1 atom stereocenters. The summed E-state index contributed by atoms with van der Waals surface area (Å²) in [7, 11) is 0. The SMILES string of the molecule is C#Cc1ccc(C23OCC(C(C)CC)(CO2)CO3)cc1. The van der Waals surface area contributed by atoms with Crippen molar-refractivity contribution in [2.75, 3.05) is 19.8 Å². The first kappa shape index (κ1) is 13.6. The smallest absolute Gasteiger partial charge is 0.312 e. The summed E-state index contributed by atoms with van der Waals surface area (Å²) >= 11 is 0. The van der Waals surface area contributed by atoms with E-state index in [2.05, 4.69) is 19.8 Å². The highest BCUT2D eigenvalue weighted by atomic mass is 16.9. The third-order valence-electron chi connectivity index (χ3n) is 4.71. The Hall–Kier alpha value is -1.34. The zero-order valence-electron chi connectivity index (χ0n) is 12.0. The van der Waals surface area contributed by atoms with E-state index in [9.17, 15) is 0 Å². The Morgan fingerprint density at radius 1 is 1.15 bits per heavy atom. The molecule has 20 heavy (non-hydrogen) atoms. The van der Waals surface area contributed by atoms with Crippen LogP contribution in [0.3, 0.4) is 0 Å². The van der Waals surface area contributed by atoms with Crippen LogP contribution in [0.4, 0.5) is 0 Å². The minimum Gasteiger partial charge on any atom is -0.323 e. The van der Waals surface area contributed by atoms with Gasteiger partial charge in [0.2, 0.25) is 0 Å². The second-order valence-electron chi connectivity index (χ2n) is 5.82. The number of hydrogen-bond donors (Lipinski definition) is 0. The average molecular weight is 272 g/mol. The molecule has 3 aliphatic heterocycles. The number of ether oxygens (including phenoxy) is 3. The van der Waals surface area contributed by atoms with Crippen molar-refractivity contribution < 1.29 is 14.2 Å². The lowest BCUT2D eigenvalue weighted by atomic mass is 9.75. The van der Waals surface area contributed by atoms with Crippen molar-refractivity contribution in [3.8, 4) is 12.3 Å². The van der Waals surface area contributed by atoms with Crippen molar-refractivity contribution in [1.29, 1.82) is 0 Å². The summed E-state index contributed by atoms with van der Waals surface area (Å²) in [4.78, 5) is 0. The van der Waals surface area contributed by atoms with Gasteiger partial charge in [-0.25, -0.2) is 0 Å². The first-order valence-electron chi connectivity index (χ1n) is 7.13. The van der Waals surface area contributed by atoms with Crippen molar-refractivity contribution in [2.24, 2.45) is 11.3 Å². The van der Waals surface area contributed by atoms with E-state index in [1.807, 2.05) is 24.3 Å². The molecule has 2 bridgehead atoms. The van der Waals surface area contributed by atoms with Gasteiger partial charge in [-0.2, -0.15) is 0 Å². The Bertz CT molecular complexity index is 502. The fraction of sp³-hybridized carbons (Fsp3) is 0.529. The molecular weight excluding hydrogens is 252 g/mol. The Labute approximate surface area is 120 Å². The summed E-state index contributed by atoms with van der Waals surface area (Å²) in [5, 5.41) is 0.